The van der Waals surface area contributed by atoms with Crippen LogP contribution < -0.4 is 0 Å². The van der Waals surface area contributed by atoms with Crippen LogP contribution in [-0.2, 0) is 16.6 Å². The van der Waals surface area contributed by atoms with Gasteiger partial charge in [0.25, 0.3) is 0 Å². The molecule has 1 heterocycles. The predicted molar refractivity (Wildman–Crippen MR) is 97.4 cm³/mol. The van der Waals surface area contributed by atoms with Crippen LogP contribution in [0.1, 0.15) is 68.1 Å². The molecule has 3 unspecified atom stereocenters. The molecule has 25 heavy (non-hydrogen) atoms. The molecule has 5 rings (SSSR count). The van der Waals surface area contributed by atoms with Gasteiger partial charge in [0.15, 0.2) is 0 Å². The first-order valence-electron chi connectivity index (χ1n) is 10.2. The van der Waals surface area contributed by atoms with E-state index < -0.39 is 5.60 Å². The number of fused-ring (bicyclic) bond motifs is 1. The summed E-state index contributed by atoms with van der Waals surface area (Å²) in [5, 5.41) is 12.0. The van der Waals surface area contributed by atoms with Crippen LogP contribution in [0.4, 0.5) is 0 Å². The number of carbonyl (C=O) groups is 1. The van der Waals surface area contributed by atoms with E-state index in [0.29, 0.717) is 5.91 Å². The topological polar surface area (TPSA) is 40.5 Å². The normalized spacial score (nSPS) is 37.0. The van der Waals surface area contributed by atoms with Crippen LogP contribution in [0.25, 0.3) is 0 Å². The lowest BCUT2D eigenvalue weighted by Crippen LogP contribution is -2.73. The number of carbonyl (C=O) groups excluding carboxylic acids is 1. The van der Waals surface area contributed by atoms with Crippen molar-refractivity contribution in [2.75, 3.05) is 6.54 Å². The van der Waals surface area contributed by atoms with Gasteiger partial charge in [0.1, 0.15) is 0 Å². The Balaban J connectivity index is 1.62. The van der Waals surface area contributed by atoms with Gasteiger partial charge < -0.3 is 10.0 Å². The highest BCUT2D eigenvalue weighted by Gasteiger charge is 2.64. The van der Waals surface area contributed by atoms with Crippen molar-refractivity contribution >= 4 is 5.91 Å². The second kappa shape index (κ2) is 5.33. The van der Waals surface area contributed by atoms with E-state index in [9.17, 15) is 9.90 Å². The zero-order valence-corrected chi connectivity index (χ0v) is 15.3. The summed E-state index contributed by atoms with van der Waals surface area (Å²) in [5.41, 5.74) is 3.18. The first kappa shape index (κ1) is 15.9. The lowest BCUT2D eigenvalue weighted by atomic mass is 9.49. The Kier molecular flexibility index (Phi) is 3.38. The van der Waals surface area contributed by atoms with Crippen molar-refractivity contribution in [2.45, 2.75) is 81.8 Å². The first-order chi connectivity index (χ1) is 12.1. The summed E-state index contributed by atoms with van der Waals surface area (Å²) in [6.45, 7) is 2.98. The highest BCUT2D eigenvalue weighted by Crippen LogP contribution is 2.58. The number of hydrogen-bond donors (Lipinski definition) is 1. The number of rotatable bonds is 1. The number of benzene rings is 1. The molecular weight excluding hydrogens is 310 g/mol. The van der Waals surface area contributed by atoms with E-state index in [1.807, 2.05) is 0 Å². The number of aliphatic hydroxyl groups is 1. The van der Waals surface area contributed by atoms with Gasteiger partial charge in [0.2, 0.25) is 5.91 Å². The minimum Gasteiger partial charge on any atom is -0.387 e. The third-order valence-electron chi connectivity index (χ3n) is 7.88. The van der Waals surface area contributed by atoms with E-state index in [2.05, 4.69) is 30.0 Å². The molecule has 1 aromatic carbocycles. The summed E-state index contributed by atoms with van der Waals surface area (Å²) in [4.78, 5) is 15.2. The molecule has 3 aliphatic carbocycles. The standard InChI is InChI=1S/C22H29NO2/c1-15-7-8-17-14-19-22(25)10-3-2-9-21(22,18(17)13-15)11-12-23(19)20(24)16-5-4-6-16/h7-8,13,16,19,25H,2-6,9-12,14H2,1H3. The molecule has 3 heteroatoms. The summed E-state index contributed by atoms with van der Waals surface area (Å²) < 4.78 is 0. The van der Waals surface area contributed by atoms with Gasteiger partial charge in [0, 0.05) is 17.9 Å². The SMILES string of the molecule is Cc1ccc2c(c1)C13CCCCC1(O)C(C2)N(C(=O)C1CCC1)CC3. The lowest BCUT2D eigenvalue weighted by molar-refractivity contribution is -0.182. The second-order valence-corrected chi connectivity index (χ2v) is 9.00. The average Bonchev–Trinajstić information content (AvgIpc) is 2.53. The third kappa shape index (κ3) is 1.99. The summed E-state index contributed by atoms with van der Waals surface area (Å²) in [5.74, 6) is 0.540. The summed E-state index contributed by atoms with van der Waals surface area (Å²) in [6, 6.07) is 6.75. The van der Waals surface area contributed by atoms with E-state index in [1.165, 1.54) is 29.5 Å². The van der Waals surface area contributed by atoms with Crippen LogP contribution in [0.15, 0.2) is 18.2 Å². The molecule has 1 saturated heterocycles. The van der Waals surface area contributed by atoms with E-state index in [0.717, 1.165) is 51.5 Å². The molecule has 3 fully saturated rings. The zero-order chi connectivity index (χ0) is 17.2. The molecule has 2 saturated carbocycles. The molecule has 1 aliphatic heterocycles. The van der Waals surface area contributed by atoms with Gasteiger partial charge in [-0.3, -0.25) is 4.79 Å². The van der Waals surface area contributed by atoms with Crippen LogP contribution >= 0.6 is 0 Å². The average molecular weight is 339 g/mol. The van der Waals surface area contributed by atoms with Crippen molar-refractivity contribution in [1.29, 1.82) is 0 Å². The highest BCUT2D eigenvalue weighted by molar-refractivity contribution is 5.80. The van der Waals surface area contributed by atoms with Gasteiger partial charge in [-0.15, -0.1) is 0 Å². The molecule has 1 amide bonds. The zero-order valence-electron chi connectivity index (χ0n) is 15.3. The van der Waals surface area contributed by atoms with Crippen LogP contribution in [0.5, 0.6) is 0 Å². The van der Waals surface area contributed by atoms with Crippen molar-refractivity contribution in [3.05, 3.63) is 34.9 Å². The molecule has 2 bridgehead atoms. The number of hydrogen-bond acceptors (Lipinski definition) is 2. The number of piperidine rings is 1. The Bertz CT molecular complexity index is 725. The Morgan fingerprint density at radius 3 is 2.72 bits per heavy atom. The quantitative estimate of drug-likeness (QED) is 0.851. The fourth-order valence-corrected chi connectivity index (χ4v) is 6.29. The highest BCUT2D eigenvalue weighted by atomic mass is 16.3. The molecule has 0 radical (unpaired) electrons. The van der Waals surface area contributed by atoms with Crippen molar-refractivity contribution in [3.63, 3.8) is 0 Å². The molecule has 134 valence electrons. The maximum absolute atomic E-state index is 13.1. The largest absolute Gasteiger partial charge is 0.387 e. The van der Waals surface area contributed by atoms with E-state index >= 15 is 0 Å². The minimum absolute atomic E-state index is 0.0233. The van der Waals surface area contributed by atoms with Crippen LogP contribution in [0.3, 0.4) is 0 Å². The smallest absolute Gasteiger partial charge is 0.226 e. The van der Waals surface area contributed by atoms with Crippen molar-refractivity contribution < 1.29 is 9.90 Å². The Labute approximate surface area is 150 Å². The summed E-state index contributed by atoms with van der Waals surface area (Å²) in [6.07, 6.45) is 9.22. The third-order valence-corrected chi connectivity index (χ3v) is 7.88. The van der Waals surface area contributed by atoms with Gasteiger partial charge in [0.05, 0.1) is 11.6 Å². The van der Waals surface area contributed by atoms with Crippen molar-refractivity contribution in [1.82, 2.24) is 4.90 Å². The maximum Gasteiger partial charge on any atom is 0.226 e. The van der Waals surface area contributed by atoms with Crippen molar-refractivity contribution in [3.8, 4) is 0 Å². The predicted octanol–water partition coefficient (Wildman–Crippen LogP) is 3.50. The first-order valence-corrected chi connectivity index (χ1v) is 10.2. The Morgan fingerprint density at radius 2 is 1.96 bits per heavy atom. The molecule has 4 aliphatic rings. The molecular formula is C22H29NO2. The van der Waals surface area contributed by atoms with Gasteiger partial charge in [-0.25, -0.2) is 0 Å². The van der Waals surface area contributed by atoms with Crippen molar-refractivity contribution in [2.24, 2.45) is 5.92 Å². The fraction of sp³-hybridized carbons (Fsp3) is 0.682. The van der Waals surface area contributed by atoms with E-state index in [-0.39, 0.29) is 17.4 Å². The second-order valence-electron chi connectivity index (χ2n) is 9.00. The number of aryl methyl sites for hydroxylation is 1. The molecule has 3 atom stereocenters. The maximum atomic E-state index is 13.1. The molecule has 0 aromatic heterocycles. The van der Waals surface area contributed by atoms with Gasteiger partial charge >= 0.3 is 0 Å². The molecule has 1 N–H and O–H groups in total. The minimum atomic E-state index is -0.732. The van der Waals surface area contributed by atoms with Crippen LogP contribution in [0, 0.1) is 12.8 Å². The van der Waals surface area contributed by atoms with E-state index in [4.69, 9.17) is 0 Å². The van der Waals surface area contributed by atoms with Crippen LogP contribution in [-0.4, -0.2) is 34.1 Å². The molecule has 1 aromatic rings. The number of likely N-dealkylation sites (tertiary alicyclic amines) is 1. The fourth-order valence-electron chi connectivity index (χ4n) is 6.29. The monoisotopic (exact) mass is 339 g/mol. The van der Waals surface area contributed by atoms with Gasteiger partial charge in [-0.1, -0.05) is 43.0 Å². The Hall–Kier alpha value is -1.35. The van der Waals surface area contributed by atoms with Crippen LogP contribution in [0.2, 0.25) is 0 Å². The van der Waals surface area contributed by atoms with Gasteiger partial charge in [-0.05, 0) is 56.6 Å². The molecule has 0 spiro atoms. The lowest BCUT2D eigenvalue weighted by Gasteiger charge is -2.64. The number of amides is 1. The van der Waals surface area contributed by atoms with E-state index in [1.54, 1.807) is 0 Å². The van der Waals surface area contributed by atoms with Gasteiger partial charge in [-0.2, -0.15) is 0 Å². The summed E-state index contributed by atoms with van der Waals surface area (Å²) >= 11 is 0. The number of nitrogens with zero attached hydrogens (tertiary/aromatic N) is 1. The Morgan fingerprint density at radius 1 is 1.16 bits per heavy atom. The summed E-state index contributed by atoms with van der Waals surface area (Å²) in [7, 11) is 0. The molecule has 3 nitrogen and oxygen atoms in total.